The topological polar surface area (TPSA) is 75.7 Å². The first-order chi connectivity index (χ1) is 14.4. The third-order valence-corrected chi connectivity index (χ3v) is 6.47. The van der Waals surface area contributed by atoms with Gasteiger partial charge in [-0.25, -0.2) is 0 Å². The van der Waals surface area contributed by atoms with Crippen molar-refractivity contribution in [3.63, 3.8) is 0 Å². The van der Waals surface area contributed by atoms with E-state index >= 15 is 0 Å². The minimum Gasteiger partial charge on any atom is -0.497 e. The van der Waals surface area contributed by atoms with Crippen molar-refractivity contribution in [3.8, 4) is 5.75 Å². The Balaban J connectivity index is 1.68. The Morgan fingerprint density at radius 3 is 2.57 bits per heavy atom. The van der Waals surface area contributed by atoms with Gasteiger partial charge < -0.3 is 9.64 Å². The lowest BCUT2D eigenvalue weighted by molar-refractivity contribution is -0.126. The fourth-order valence-corrected chi connectivity index (χ4v) is 5.12. The van der Waals surface area contributed by atoms with Gasteiger partial charge in [-0.15, -0.1) is 0 Å². The van der Waals surface area contributed by atoms with Gasteiger partial charge in [-0.1, -0.05) is 29.8 Å². The number of imide groups is 1. The Morgan fingerprint density at radius 2 is 1.80 bits per heavy atom. The molecule has 0 aromatic heterocycles. The van der Waals surface area contributed by atoms with E-state index in [4.69, 9.17) is 4.74 Å². The van der Waals surface area contributed by atoms with Crippen molar-refractivity contribution in [2.75, 3.05) is 12.0 Å². The zero-order chi connectivity index (χ0) is 21.2. The quantitative estimate of drug-likeness (QED) is 0.631. The molecule has 2 aromatic carbocycles. The zero-order valence-corrected chi connectivity index (χ0v) is 17.0. The summed E-state index contributed by atoms with van der Waals surface area (Å²) in [6, 6.07) is 11.9. The van der Waals surface area contributed by atoms with E-state index in [1.54, 1.807) is 31.4 Å². The summed E-state index contributed by atoms with van der Waals surface area (Å²) in [7, 11) is 1.55. The maximum atomic E-state index is 13.7. The molecule has 0 spiro atoms. The number of fused-ring (bicyclic) bond motifs is 5. The van der Waals surface area contributed by atoms with E-state index in [-0.39, 0.29) is 23.6 Å². The summed E-state index contributed by atoms with van der Waals surface area (Å²) in [5, 5.41) is 2.45. The lowest BCUT2D eigenvalue weighted by Gasteiger charge is -2.37. The summed E-state index contributed by atoms with van der Waals surface area (Å²) in [5.74, 6) is -1.60. The maximum absolute atomic E-state index is 13.7. The molecule has 4 atom stereocenters. The number of aryl methyl sites for hydroxylation is 1. The second-order valence-corrected chi connectivity index (χ2v) is 8.21. The second kappa shape index (κ2) is 6.55. The van der Waals surface area contributed by atoms with E-state index in [0.717, 1.165) is 22.4 Å². The van der Waals surface area contributed by atoms with Crippen LogP contribution in [0, 0.1) is 18.8 Å². The van der Waals surface area contributed by atoms with Crippen LogP contribution < -0.4 is 15.0 Å². The summed E-state index contributed by atoms with van der Waals surface area (Å²) in [4.78, 5) is 41.1. The van der Waals surface area contributed by atoms with E-state index in [2.05, 4.69) is 11.4 Å². The average Bonchev–Trinajstić information content (AvgIpc) is 3.23. The van der Waals surface area contributed by atoms with Crippen molar-refractivity contribution in [2.24, 2.45) is 11.8 Å². The smallest absolute Gasteiger partial charge is 0.233 e. The highest BCUT2D eigenvalue weighted by molar-refractivity contribution is 6.14. The van der Waals surface area contributed by atoms with Gasteiger partial charge in [0.1, 0.15) is 11.8 Å². The second-order valence-electron chi connectivity index (χ2n) is 8.21. The molecule has 2 saturated heterocycles. The number of Topliss-reactive ketones (excluding diaryl/α,β-unsaturated/α-hetero) is 1. The van der Waals surface area contributed by atoms with Crippen molar-refractivity contribution in [1.82, 2.24) is 5.32 Å². The predicted molar refractivity (Wildman–Crippen MR) is 112 cm³/mol. The summed E-state index contributed by atoms with van der Waals surface area (Å²) in [6.07, 6.45) is 2.02. The van der Waals surface area contributed by atoms with Gasteiger partial charge in [0.15, 0.2) is 5.78 Å². The summed E-state index contributed by atoms with van der Waals surface area (Å²) >= 11 is 0. The fraction of sp³-hybridized carbons (Fsp3) is 0.292. The molecule has 6 heteroatoms. The van der Waals surface area contributed by atoms with Crippen LogP contribution in [-0.2, 0) is 9.59 Å². The Bertz CT molecular complexity index is 1140. The number of allylic oxidation sites excluding steroid dienone is 1. The molecule has 152 valence electrons. The SMILES string of the molecule is COc1cccc(C(=O)[C@@H]2[C@@H]3C(=O)NC(=O)[C@H]3[C@H]3C=C(C)c4cc(C)ccc4N32)c1. The summed E-state index contributed by atoms with van der Waals surface area (Å²) in [6.45, 7) is 4.03. The monoisotopic (exact) mass is 402 g/mol. The largest absolute Gasteiger partial charge is 0.497 e. The standard InChI is InChI=1S/C24H22N2O4/c1-12-7-8-17-16(9-12)13(2)10-18-19-20(24(29)25-23(19)28)21(26(17)18)22(27)14-5-4-6-15(11-14)30-3/h4-11,18-21H,1-3H3,(H,25,28,29)/t18-,19+,20-,21+/m1/s1. The van der Waals surface area contributed by atoms with Crippen molar-refractivity contribution in [2.45, 2.75) is 25.9 Å². The minimum atomic E-state index is -0.760. The van der Waals surface area contributed by atoms with Gasteiger partial charge in [-0.2, -0.15) is 0 Å². The number of carbonyl (C=O) groups excluding carboxylic acids is 3. The zero-order valence-electron chi connectivity index (χ0n) is 17.0. The molecule has 0 aliphatic carbocycles. The van der Waals surface area contributed by atoms with E-state index in [1.807, 2.05) is 37.0 Å². The molecule has 0 unspecified atom stereocenters. The van der Waals surface area contributed by atoms with Crippen LogP contribution in [0.3, 0.4) is 0 Å². The molecule has 3 aliphatic rings. The third-order valence-electron chi connectivity index (χ3n) is 6.47. The van der Waals surface area contributed by atoms with Crippen LogP contribution >= 0.6 is 0 Å². The van der Waals surface area contributed by atoms with Gasteiger partial charge in [0.25, 0.3) is 0 Å². The Morgan fingerprint density at radius 1 is 1.03 bits per heavy atom. The average molecular weight is 402 g/mol. The molecule has 0 saturated carbocycles. The van der Waals surface area contributed by atoms with Crippen molar-refractivity contribution >= 4 is 28.9 Å². The molecular weight excluding hydrogens is 380 g/mol. The van der Waals surface area contributed by atoms with E-state index < -0.39 is 17.9 Å². The highest BCUT2D eigenvalue weighted by atomic mass is 16.5. The number of nitrogens with zero attached hydrogens (tertiary/aromatic N) is 1. The highest BCUT2D eigenvalue weighted by Gasteiger charge is 2.61. The number of benzene rings is 2. The van der Waals surface area contributed by atoms with Gasteiger partial charge in [0.05, 0.1) is 25.0 Å². The number of carbonyl (C=O) groups is 3. The lowest BCUT2D eigenvalue weighted by Crippen LogP contribution is -2.48. The molecule has 5 rings (SSSR count). The molecule has 2 aromatic rings. The van der Waals surface area contributed by atoms with Crippen molar-refractivity contribution < 1.29 is 19.1 Å². The number of hydrogen-bond acceptors (Lipinski definition) is 5. The number of amides is 2. The molecule has 0 radical (unpaired) electrons. The summed E-state index contributed by atoms with van der Waals surface area (Å²) in [5.41, 5.74) is 4.55. The van der Waals surface area contributed by atoms with E-state index in [9.17, 15) is 14.4 Å². The molecule has 30 heavy (non-hydrogen) atoms. The first kappa shape index (κ1) is 18.6. The van der Waals surface area contributed by atoms with E-state index in [1.165, 1.54) is 0 Å². The Kier molecular flexibility index (Phi) is 4.07. The number of anilines is 1. The first-order valence-electron chi connectivity index (χ1n) is 10.0. The molecule has 3 heterocycles. The lowest BCUT2D eigenvalue weighted by atomic mass is 9.85. The van der Waals surface area contributed by atoms with Crippen LogP contribution in [0.5, 0.6) is 5.75 Å². The van der Waals surface area contributed by atoms with Gasteiger partial charge in [0, 0.05) is 16.8 Å². The Hall–Kier alpha value is -3.41. The normalized spacial score (nSPS) is 26.5. The molecule has 1 N–H and O–H groups in total. The van der Waals surface area contributed by atoms with Crippen LogP contribution in [0.15, 0.2) is 48.5 Å². The summed E-state index contributed by atoms with van der Waals surface area (Å²) < 4.78 is 5.27. The van der Waals surface area contributed by atoms with Gasteiger partial charge in [0.2, 0.25) is 11.8 Å². The predicted octanol–water partition coefficient (Wildman–Crippen LogP) is 2.75. The van der Waals surface area contributed by atoms with Gasteiger partial charge in [-0.05, 0) is 43.7 Å². The maximum Gasteiger partial charge on any atom is 0.233 e. The van der Waals surface area contributed by atoms with Crippen molar-refractivity contribution in [1.29, 1.82) is 0 Å². The van der Waals surface area contributed by atoms with Crippen molar-refractivity contribution in [3.05, 3.63) is 65.2 Å². The molecule has 3 aliphatic heterocycles. The number of ketones is 1. The van der Waals surface area contributed by atoms with Crippen LogP contribution in [0.1, 0.15) is 28.4 Å². The molecule has 0 bridgehead atoms. The first-order valence-corrected chi connectivity index (χ1v) is 10.0. The number of nitrogens with one attached hydrogen (secondary N) is 1. The van der Waals surface area contributed by atoms with Gasteiger partial charge >= 0.3 is 0 Å². The number of ether oxygens (including phenoxy) is 1. The number of methoxy groups -OCH3 is 1. The molecule has 2 fully saturated rings. The third kappa shape index (κ3) is 2.53. The minimum absolute atomic E-state index is 0.185. The number of rotatable bonds is 3. The Labute approximate surface area is 174 Å². The van der Waals surface area contributed by atoms with Crippen LogP contribution in [0.2, 0.25) is 0 Å². The number of hydrogen-bond donors (Lipinski definition) is 1. The van der Waals surface area contributed by atoms with E-state index in [0.29, 0.717) is 11.3 Å². The highest BCUT2D eigenvalue weighted by Crippen LogP contribution is 2.48. The fourth-order valence-electron chi connectivity index (χ4n) is 5.12. The van der Waals surface area contributed by atoms with Gasteiger partial charge in [-0.3, -0.25) is 19.7 Å². The molecule has 2 amide bonds. The van der Waals surface area contributed by atoms with Crippen LogP contribution in [-0.4, -0.2) is 36.8 Å². The molecular formula is C24H22N2O4. The molecule has 6 nitrogen and oxygen atoms in total. The van der Waals surface area contributed by atoms with Crippen LogP contribution in [0.25, 0.3) is 5.57 Å². The van der Waals surface area contributed by atoms with Crippen LogP contribution in [0.4, 0.5) is 5.69 Å².